The Hall–Kier alpha value is -0.890. The van der Waals surface area contributed by atoms with Gasteiger partial charge in [0.2, 0.25) is 0 Å². The number of carbonyl (C=O) groups is 1. The second-order valence-electron chi connectivity index (χ2n) is 2.54. The molecule has 1 aromatic carbocycles. The normalized spacial score (nSPS) is 10.6. The number of hydrogen-bond acceptors (Lipinski definition) is 1. The van der Waals surface area contributed by atoms with Crippen molar-refractivity contribution in [3.05, 3.63) is 23.8 Å². The van der Waals surface area contributed by atoms with Crippen molar-refractivity contribution >= 4 is 17.3 Å². The third-order valence-corrected chi connectivity index (χ3v) is 1.72. The molecule has 0 atom stereocenters. The Balaban J connectivity index is -0.000000360. The molecule has 1 aliphatic heterocycles. The number of rotatable bonds is 0. The molecule has 15 heavy (non-hydrogen) atoms. The van der Waals surface area contributed by atoms with Gasteiger partial charge in [0.15, 0.2) is 5.69 Å². The summed E-state index contributed by atoms with van der Waals surface area (Å²) < 4.78 is 0. The van der Waals surface area contributed by atoms with Crippen molar-refractivity contribution in [1.29, 1.82) is 0 Å². The zero-order valence-electron chi connectivity index (χ0n) is 7.68. The lowest BCUT2D eigenvalue weighted by Crippen LogP contribution is -3.00. The average molecular weight is 258 g/mol. The number of nitrogen functional groups attached to an aromatic ring is 1. The van der Waals surface area contributed by atoms with E-state index in [0.29, 0.717) is 0 Å². The first kappa shape index (κ1) is 19.6. The molecular formula is C7H13Cl2N3O3. The first-order chi connectivity index (χ1) is 5.27. The summed E-state index contributed by atoms with van der Waals surface area (Å²) in [5, 5.41) is 0. The van der Waals surface area contributed by atoms with E-state index in [1.807, 2.05) is 12.1 Å². The lowest BCUT2D eigenvalue weighted by Gasteiger charge is -1.88. The van der Waals surface area contributed by atoms with E-state index < -0.39 is 0 Å². The van der Waals surface area contributed by atoms with Crippen LogP contribution in [0.5, 0.6) is 0 Å². The van der Waals surface area contributed by atoms with E-state index in [4.69, 9.17) is 0 Å². The van der Waals surface area contributed by atoms with Crippen LogP contribution in [0.3, 0.4) is 0 Å². The number of fused-ring (bicyclic) bond motifs is 1. The molecule has 0 unspecified atom stereocenters. The van der Waals surface area contributed by atoms with Gasteiger partial charge in [0.05, 0.1) is 0 Å². The quantitative estimate of drug-likeness (QED) is 0.237. The Bertz CT molecular complexity index is 335. The van der Waals surface area contributed by atoms with Crippen molar-refractivity contribution in [2.45, 2.75) is 0 Å². The average Bonchev–Trinajstić information content (AvgIpc) is 2.33. The molecule has 0 aromatic heterocycles. The predicted octanol–water partition coefficient (Wildman–Crippen LogP) is -9.23. The summed E-state index contributed by atoms with van der Waals surface area (Å²) in [6.45, 7) is 0. The molecule has 1 aromatic rings. The van der Waals surface area contributed by atoms with Crippen LogP contribution in [0.4, 0.5) is 11.4 Å². The van der Waals surface area contributed by atoms with E-state index in [2.05, 4.69) is 11.2 Å². The highest BCUT2D eigenvalue weighted by Crippen LogP contribution is 2.14. The van der Waals surface area contributed by atoms with Gasteiger partial charge in [-0.3, -0.25) is 4.79 Å². The second kappa shape index (κ2) is 7.41. The Morgan fingerprint density at radius 2 is 1.80 bits per heavy atom. The summed E-state index contributed by atoms with van der Waals surface area (Å²) >= 11 is 0. The second-order valence-corrected chi connectivity index (χ2v) is 2.54. The highest BCUT2D eigenvalue weighted by molar-refractivity contribution is 5.99. The Morgan fingerprint density at radius 3 is 2.40 bits per heavy atom. The molecule has 0 bridgehead atoms. The molecule has 2 rings (SSSR count). The van der Waals surface area contributed by atoms with Crippen LogP contribution in [0.15, 0.2) is 18.2 Å². The van der Waals surface area contributed by atoms with Gasteiger partial charge in [0.25, 0.3) is 0 Å². The van der Waals surface area contributed by atoms with Gasteiger partial charge in [0.1, 0.15) is 11.3 Å². The monoisotopic (exact) mass is 257 g/mol. The van der Waals surface area contributed by atoms with Gasteiger partial charge >= 0.3 is 5.91 Å². The van der Waals surface area contributed by atoms with E-state index >= 15 is 0 Å². The third kappa shape index (κ3) is 3.63. The minimum atomic E-state index is -0.0366. The Labute approximate surface area is 98.6 Å². The van der Waals surface area contributed by atoms with Gasteiger partial charge < -0.3 is 41.5 Å². The summed E-state index contributed by atoms with van der Waals surface area (Å²) in [6.07, 6.45) is 0. The molecule has 1 amide bonds. The molecule has 8 heteroatoms. The molecule has 0 aliphatic carbocycles. The molecule has 0 saturated heterocycles. The summed E-state index contributed by atoms with van der Waals surface area (Å²) in [7, 11) is 0. The number of benzene rings is 1. The van der Waals surface area contributed by atoms with Gasteiger partial charge in [-0.15, -0.1) is 0 Å². The molecule has 0 fully saturated rings. The highest BCUT2D eigenvalue weighted by Gasteiger charge is 2.23. The molecule has 10 N–H and O–H groups in total. The maximum Gasteiger partial charge on any atom is 0.302 e. The molecule has 0 radical (unpaired) electrons. The Kier molecular flexibility index (Phi) is 9.70. The maximum atomic E-state index is 11.0. The minimum absolute atomic E-state index is 0. The lowest BCUT2D eigenvalue weighted by atomic mass is 10.2. The van der Waals surface area contributed by atoms with Gasteiger partial charge in [-0.2, -0.15) is 5.43 Å². The molecule has 88 valence electrons. The zero-order chi connectivity index (χ0) is 7.84. The third-order valence-electron chi connectivity index (χ3n) is 1.72. The van der Waals surface area contributed by atoms with Crippen molar-refractivity contribution in [3.63, 3.8) is 0 Å². The number of carbonyl (C=O) groups excluding carboxylic acids is 1. The molecule has 1 heterocycles. The number of nitrogens with one attached hydrogen (secondary N) is 1. The SMILES string of the molecule is O.O.[Cl-].[Cl-].[NH3+]c1ccc2c(c1)C(=O)N[NH2+]2. The molecule has 1 aliphatic rings. The van der Waals surface area contributed by atoms with Crippen molar-refractivity contribution in [2.75, 3.05) is 0 Å². The largest absolute Gasteiger partial charge is 1.00 e. The molecule has 0 saturated carbocycles. The highest BCUT2D eigenvalue weighted by atomic mass is 35.5. The first-order valence-corrected chi connectivity index (χ1v) is 3.37. The number of quaternary nitrogens is 2. The summed E-state index contributed by atoms with van der Waals surface area (Å²) in [5.41, 5.74) is 10.6. The van der Waals surface area contributed by atoms with Gasteiger partial charge in [-0.05, 0) is 0 Å². The Morgan fingerprint density at radius 1 is 1.20 bits per heavy atom. The first-order valence-electron chi connectivity index (χ1n) is 3.37. The van der Waals surface area contributed by atoms with Crippen LogP contribution in [-0.4, -0.2) is 16.9 Å². The summed E-state index contributed by atoms with van der Waals surface area (Å²) in [5.74, 6) is -0.0366. The van der Waals surface area contributed by atoms with E-state index in [1.54, 1.807) is 11.5 Å². The number of halogens is 2. The van der Waals surface area contributed by atoms with Crippen molar-refractivity contribution in [2.24, 2.45) is 0 Å². The van der Waals surface area contributed by atoms with Crippen molar-refractivity contribution < 1.29 is 51.7 Å². The predicted molar refractivity (Wildman–Crippen MR) is 45.3 cm³/mol. The fourth-order valence-electron chi connectivity index (χ4n) is 1.15. The summed E-state index contributed by atoms with van der Waals surface area (Å²) in [6, 6.07) is 5.55. The van der Waals surface area contributed by atoms with Crippen LogP contribution >= 0.6 is 0 Å². The van der Waals surface area contributed by atoms with Crippen molar-refractivity contribution in [1.82, 2.24) is 5.43 Å². The van der Waals surface area contributed by atoms with Gasteiger partial charge in [0, 0.05) is 18.2 Å². The van der Waals surface area contributed by atoms with Gasteiger partial charge in [-0.25, -0.2) is 5.43 Å². The van der Waals surface area contributed by atoms with Crippen LogP contribution in [-0.2, 0) is 0 Å². The zero-order valence-corrected chi connectivity index (χ0v) is 9.19. The maximum absolute atomic E-state index is 11.0. The number of amides is 1. The fraction of sp³-hybridized carbons (Fsp3) is 0. The minimum Gasteiger partial charge on any atom is -1.00 e. The van der Waals surface area contributed by atoms with Gasteiger partial charge in [-0.1, -0.05) is 0 Å². The van der Waals surface area contributed by atoms with Crippen LogP contribution in [0.25, 0.3) is 0 Å². The number of hydrogen-bond donors (Lipinski definition) is 3. The van der Waals surface area contributed by atoms with Crippen LogP contribution in [0, 0.1) is 0 Å². The van der Waals surface area contributed by atoms with Crippen LogP contribution in [0.2, 0.25) is 0 Å². The lowest BCUT2D eigenvalue weighted by molar-refractivity contribution is -0.612. The van der Waals surface area contributed by atoms with Crippen LogP contribution < -0.4 is 41.4 Å². The van der Waals surface area contributed by atoms with E-state index in [0.717, 1.165) is 16.9 Å². The van der Waals surface area contributed by atoms with E-state index in [-0.39, 0.29) is 41.7 Å². The standard InChI is InChI=1S/C7H7N3O.2ClH.2H2O/c8-4-1-2-6-5(3-4)7(11)10-9-6;;;;/h1-3H,8H2,(H2,9,10,11);2*1H;2*1H2. The smallest absolute Gasteiger partial charge is 0.302 e. The topological polar surface area (TPSA) is 136 Å². The van der Waals surface area contributed by atoms with Crippen LogP contribution in [0.1, 0.15) is 10.4 Å². The molecule has 0 spiro atoms. The van der Waals surface area contributed by atoms with E-state index in [1.165, 1.54) is 0 Å². The number of nitrogens with two attached hydrogens (primary N) is 1. The molecular weight excluding hydrogens is 245 g/mol. The van der Waals surface area contributed by atoms with Crippen molar-refractivity contribution in [3.8, 4) is 0 Å². The summed E-state index contributed by atoms with van der Waals surface area (Å²) in [4.78, 5) is 11.0. The molecule has 6 nitrogen and oxygen atoms in total. The van der Waals surface area contributed by atoms with E-state index in [9.17, 15) is 4.79 Å². The fourth-order valence-corrected chi connectivity index (χ4v) is 1.15.